The summed E-state index contributed by atoms with van der Waals surface area (Å²) in [5, 5.41) is 9.19. The van der Waals surface area contributed by atoms with E-state index in [4.69, 9.17) is 0 Å². The Morgan fingerprint density at radius 3 is 2.82 bits per heavy atom. The SMILES string of the molecule is Cc1cc(Br)ccc1NC(=O)CNC(=O)/C=C\c1ccsc1. The van der Waals surface area contributed by atoms with Crippen molar-refractivity contribution in [1.82, 2.24) is 5.32 Å². The van der Waals surface area contributed by atoms with Crippen molar-refractivity contribution in [2.24, 2.45) is 0 Å². The number of carbonyl (C=O) groups is 2. The number of nitrogens with one attached hydrogen (secondary N) is 2. The third kappa shape index (κ3) is 5.13. The molecule has 1 aromatic heterocycles. The highest BCUT2D eigenvalue weighted by Crippen LogP contribution is 2.19. The molecule has 0 saturated carbocycles. The molecule has 2 N–H and O–H groups in total. The maximum atomic E-state index is 11.8. The first-order valence-electron chi connectivity index (χ1n) is 6.59. The van der Waals surface area contributed by atoms with Crippen LogP contribution in [-0.4, -0.2) is 18.4 Å². The van der Waals surface area contributed by atoms with Gasteiger partial charge in [0.05, 0.1) is 6.54 Å². The highest BCUT2D eigenvalue weighted by atomic mass is 79.9. The van der Waals surface area contributed by atoms with E-state index in [1.807, 2.05) is 41.9 Å². The van der Waals surface area contributed by atoms with E-state index < -0.39 is 0 Å². The predicted molar refractivity (Wildman–Crippen MR) is 93.9 cm³/mol. The molecule has 0 aliphatic rings. The first-order chi connectivity index (χ1) is 10.5. The van der Waals surface area contributed by atoms with Crippen LogP contribution in [0.15, 0.2) is 45.6 Å². The van der Waals surface area contributed by atoms with Crippen LogP contribution in [0.25, 0.3) is 6.08 Å². The Kier molecular flexibility index (Phi) is 5.91. The first kappa shape index (κ1) is 16.5. The van der Waals surface area contributed by atoms with Crippen LogP contribution >= 0.6 is 27.3 Å². The standard InChI is InChI=1S/C16H15BrN2O2S/c1-11-8-13(17)3-4-14(11)19-16(21)9-18-15(20)5-2-12-6-7-22-10-12/h2-8,10H,9H2,1H3,(H,18,20)(H,19,21)/b5-2-. The van der Waals surface area contributed by atoms with Gasteiger partial charge in [-0.05, 0) is 59.2 Å². The number of hydrogen-bond acceptors (Lipinski definition) is 3. The summed E-state index contributed by atoms with van der Waals surface area (Å²) >= 11 is 4.93. The molecule has 2 rings (SSSR count). The number of hydrogen-bond donors (Lipinski definition) is 2. The second-order valence-corrected chi connectivity index (χ2v) is 6.31. The molecule has 1 aromatic carbocycles. The van der Waals surface area contributed by atoms with E-state index in [-0.39, 0.29) is 18.4 Å². The lowest BCUT2D eigenvalue weighted by Crippen LogP contribution is -2.31. The quantitative estimate of drug-likeness (QED) is 0.781. The number of benzene rings is 1. The minimum atomic E-state index is -0.297. The molecule has 6 heteroatoms. The first-order valence-corrected chi connectivity index (χ1v) is 8.32. The van der Waals surface area contributed by atoms with Crippen LogP contribution in [0.5, 0.6) is 0 Å². The molecule has 0 aliphatic heterocycles. The Morgan fingerprint density at radius 1 is 1.32 bits per heavy atom. The van der Waals surface area contributed by atoms with Crippen molar-refractivity contribution < 1.29 is 9.59 Å². The van der Waals surface area contributed by atoms with E-state index >= 15 is 0 Å². The highest BCUT2D eigenvalue weighted by Gasteiger charge is 2.06. The van der Waals surface area contributed by atoms with E-state index in [1.165, 1.54) is 6.08 Å². The molecule has 0 saturated heterocycles. The van der Waals surface area contributed by atoms with Crippen molar-refractivity contribution in [3.8, 4) is 0 Å². The second kappa shape index (κ2) is 7.91. The zero-order valence-electron chi connectivity index (χ0n) is 11.9. The van der Waals surface area contributed by atoms with E-state index in [9.17, 15) is 9.59 Å². The summed E-state index contributed by atoms with van der Waals surface area (Å²) in [4.78, 5) is 23.5. The largest absolute Gasteiger partial charge is 0.343 e. The number of amides is 2. The fourth-order valence-corrected chi connectivity index (χ4v) is 2.83. The average molecular weight is 379 g/mol. The number of carbonyl (C=O) groups excluding carboxylic acids is 2. The minimum absolute atomic E-state index is 0.0671. The van der Waals surface area contributed by atoms with Gasteiger partial charge in [-0.2, -0.15) is 11.3 Å². The molecular weight excluding hydrogens is 364 g/mol. The van der Waals surface area contributed by atoms with Gasteiger partial charge in [0.2, 0.25) is 11.8 Å². The van der Waals surface area contributed by atoms with Gasteiger partial charge in [0.1, 0.15) is 0 Å². The summed E-state index contributed by atoms with van der Waals surface area (Å²) < 4.78 is 0.954. The summed E-state index contributed by atoms with van der Waals surface area (Å²) in [6, 6.07) is 7.50. The monoisotopic (exact) mass is 378 g/mol. The molecule has 0 radical (unpaired) electrons. The molecule has 0 unspecified atom stereocenters. The molecule has 0 spiro atoms. The molecule has 2 amide bonds. The summed E-state index contributed by atoms with van der Waals surface area (Å²) in [6.45, 7) is 1.84. The molecule has 2 aromatic rings. The lowest BCUT2D eigenvalue weighted by atomic mass is 10.2. The maximum absolute atomic E-state index is 11.8. The molecular formula is C16H15BrN2O2S. The van der Waals surface area contributed by atoms with E-state index in [0.29, 0.717) is 0 Å². The van der Waals surface area contributed by atoms with Crippen molar-refractivity contribution in [2.45, 2.75) is 6.92 Å². The van der Waals surface area contributed by atoms with Crippen LogP contribution in [-0.2, 0) is 9.59 Å². The van der Waals surface area contributed by atoms with Crippen LogP contribution in [0.4, 0.5) is 5.69 Å². The highest BCUT2D eigenvalue weighted by molar-refractivity contribution is 9.10. The molecule has 4 nitrogen and oxygen atoms in total. The smallest absolute Gasteiger partial charge is 0.244 e. The Morgan fingerprint density at radius 2 is 2.14 bits per heavy atom. The van der Waals surface area contributed by atoms with E-state index in [2.05, 4.69) is 26.6 Å². The minimum Gasteiger partial charge on any atom is -0.343 e. The van der Waals surface area contributed by atoms with Gasteiger partial charge in [-0.1, -0.05) is 15.9 Å². The average Bonchev–Trinajstić information content (AvgIpc) is 2.99. The predicted octanol–water partition coefficient (Wildman–Crippen LogP) is 3.59. The van der Waals surface area contributed by atoms with Gasteiger partial charge < -0.3 is 10.6 Å². The van der Waals surface area contributed by atoms with Crippen molar-refractivity contribution in [3.05, 3.63) is 56.7 Å². The molecule has 1 heterocycles. The van der Waals surface area contributed by atoms with Crippen LogP contribution < -0.4 is 10.6 Å². The lowest BCUT2D eigenvalue weighted by molar-refractivity contribution is -0.121. The number of halogens is 1. The number of rotatable bonds is 5. The number of thiophene rings is 1. The van der Waals surface area contributed by atoms with Gasteiger partial charge in [-0.15, -0.1) is 0 Å². The van der Waals surface area contributed by atoms with Crippen molar-refractivity contribution in [2.75, 3.05) is 11.9 Å². The lowest BCUT2D eigenvalue weighted by Gasteiger charge is -2.09. The van der Waals surface area contributed by atoms with Gasteiger partial charge in [0.15, 0.2) is 0 Å². The molecule has 0 fully saturated rings. The Labute approximate surface area is 141 Å². The van der Waals surface area contributed by atoms with Gasteiger partial charge in [0, 0.05) is 16.2 Å². The van der Waals surface area contributed by atoms with Gasteiger partial charge in [-0.25, -0.2) is 0 Å². The Balaban J connectivity index is 1.81. The molecule has 114 valence electrons. The van der Waals surface area contributed by atoms with Crippen LogP contribution in [0.1, 0.15) is 11.1 Å². The van der Waals surface area contributed by atoms with Crippen LogP contribution in [0.2, 0.25) is 0 Å². The summed E-state index contributed by atoms with van der Waals surface area (Å²) in [5.41, 5.74) is 2.65. The topological polar surface area (TPSA) is 58.2 Å². The summed E-state index contributed by atoms with van der Waals surface area (Å²) in [5.74, 6) is -0.559. The maximum Gasteiger partial charge on any atom is 0.244 e. The fourth-order valence-electron chi connectivity index (χ4n) is 1.73. The molecule has 22 heavy (non-hydrogen) atoms. The molecule has 0 aliphatic carbocycles. The van der Waals surface area contributed by atoms with Crippen molar-refractivity contribution in [3.63, 3.8) is 0 Å². The summed E-state index contributed by atoms with van der Waals surface area (Å²) in [7, 11) is 0. The zero-order valence-corrected chi connectivity index (χ0v) is 14.3. The van der Waals surface area contributed by atoms with Crippen LogP contribution in [0, 0.1) is 6.92 Å². The third-order valence-corrected chi connectivity index (χ3v) is 4.05. The van der Waals surface area contributed by atoms with Gasteiger partial charge in [-0.3, -0.25) is 9.59 Å². The summed E-state index contributed by atoms with van der Waals surface area (Å²) in [6.07, 6.45) is 3.13. The van der Waals surface area contributed by atoms with Crippen molar-refractivity contribution >= 4 is 50.8 Å². The normalized spacial score (nSPS) is 10.6. The number of aryl methyl sites for hydroxylation is 1. The molecule has 0 atom stereocenters. The van der Waals surface area contributed by atoms with Crippen LogP contribution in [0.3, 0.4) is 0 Å². The Bertz CT molecular complexity index is 696. The number of anilines is 1. The zero-order chi connectivity index (χ0) is 15.9. The second-order valence-electron chi connectivity index (χ2n) is 4.62. The van der Waals surface area contributed by atoms with E-state index in [1.54, 1.807) is 17.4 Å². The van der Waals surface area contributed by atoms with Crippen molar-refractivity contribution in [1.29, 1.82) is 0 Å². The third-order valence-electron chi connectivity index (χ3n) is 2.86. The Hall–Kier alpha value is -1.92. The van der Waals surface area contributed by atoms with Gasteiger partial charge in [0.25, 0.3) is 0 Å². The fraction of sp³-hybridized carbons (Fsp3) is 0.125. The van der Waals surface area contributed by atoms with Gasteiger partial charge >= 0.3 is 0 Å². The van der Waals surface area contributed by atoms with E-state index in [0.717, 1.165) is 21.3 Å². The molecule has 0 bridgehead atoms.